The van der Waals surface area contributed by atoms with Crippen molar-refractivity contribution in [2.24, 2.45) is 0 Å². The number of aryl methyl sites for hydroxylation is 1. The van der Waals surface area contributed by atoms with Crippen molar-refractivity contribution in [3.8, 4) is 5.75 Å². The summed E-state index contributed by atoms with van der Waals surface area (Å²) in [4.78, 5) is 47.0. The van der Waals surface area contributed by atoms with Crippen LogP contribution in [0.5, 0.6) is 5.75 Å². The quantitative estimate of drug-likeness (QED) is 0.363. The number of non-ortho nitro benzene ring substituents is 1. The summed E-state index contributed by atoms with van der Waals surface area (Å²) in [5.74, 6) is -1.17. The first-order chi connectivity index (χ1) is 16.2. The summed E-state index contributed by atoms with van der Waals surface area (Å²) >= 11 is 0. The molecule has 0 aliphatic carbocycles. The molecule has 3 aromatic rings. The van der Waals surface area contributed by atoms with Crippen LogP contribution in [0.4, 0.5) is 11.4 Å². The monoisotopic (exact) mass is 462 g/mol. The van der Waals surface area contributed by atoms with Gasteiger partial charge in [-0.25, -0.2) is 0 Å². The zero-order valence-corrected chi connectivity index (χ0v) is 18.4. The number of carbonyl (C=O) groups is 3. The molecular formula is C24H22N4O6. The van der Waals surface area contributed by atoms with Crippen molar-refractivity contribution in [2.75, 3.05) is 5.32 Å². The average Bonchev–Trinajstić information content (AvgIpc) is 2.83. The van der Waals surface area contributed by atoms with E-state index in [4.69, 9.17) is 4.74 Å². The molecular weight excluding hydrogens is 440 g/mol. The molecule has 0 bridgehead atoms. The Balaban J connectivity index is 1.50. The van der Waals surface area contributed by atoms with E-state index in [9.17, 15) is 24.5 Å². The largest absolute Gasteiger partial charge is 0.481 e. The lowest BCUT2D eigenvalue weighted by Crippen LogP contribution is -2.47. The first kappa shape index (κ1) is 23.9. The van der Waals surface area contributed by atoms with Crippen molar-refractivity contribution in [1.82, 2.24) is 10.9 Å². The molecule has 174 valence electrons. The minimum atomic E-state index is -0.971. The first-order valence-electron chi connectivity index (χ1n) is 10.2. The number of hydrogen-bond donors (Lipinski definition) is 3. The van der Waals surface area contributed by atoms with Gasteiger partial charge in [-0.3, -0.25) is 35.3 Å². The predicted molar refractivity (Wildman–Crippen MR) is 124 cm³/mol. The Morgan fingerprint density at radius 3 is 2.15 bits per heavy atom. The van der Waals surface area contributed by atoms with Crippen LogP contribution in [-0.4, -0.2) is 28.7 Å². The molecule has 0 aliphatic heterocycles. The molecule has 3 N–H and O–H groups in total. The van der Waals surface area contributed by atoms with Crippen molar-refractivity contribution in [1.29, 1.82) is 0 Å². The van der Waals surface area contributed by atoms with Gasteiger partial charge in [-0.15, -0.1) is 0 Å². The molecule has 0 radical (unpaired) electrons. The lowest BCUT2D eigenvalue weighted by molar-refractivity contribution is -0.384. The van der Waals surface area contributed by atoms with Crippen molar-refractivity contribution in [2.45, 2.75) is 20.0 Å². The predicted octanol–water partition coefficient (Wildman–Crippen LogP) is 3.38. The number of hydrogen-bond acceptors (Lipinski definition) is 6. The van der Waals surface area contributed by atoms with Crippen LogP contribution in [0.3, 0.4) is 0 Å². The second-order valence-corrected chi connectivity index (χ2v) is 7.30. The van der Waals surface area contributed by atoms with E-state index >= 15 is 0 Å². The minimum absolute atomic E-state index is 0.0996. The molecule has 0 heterocycles. The molecule has 34 heavy (non-hydrogen) atoms. The van der Waals surface area contributed by atoms with Crippen LogP contribution < -0.4 is 20.9 Å². The summed E-state index contributed by atoms with van der Waals surface area (Å²) in [5, 5.41) is 13.5. The molecule has 0 aliphatic rings. The van der Waals surface area contributed by atoms with Crippen LogP contribution in [-0.2, 0) is 4.79 Å². The lowest BCUT2D eigenvalue weighted by Gasteiger charge is -2.15. The summed E-state index contributed by atoms with van der Waals surface area (Å²) < 4.78 is 5.42. The SMILES string of the molecule is Cc1ccccc1C(=O)Nc1ccc(C(=O)NNC(=O)C(C)Oc2ccc([N+](=O)[O-])cc2)cc1. The van der Waals surface area contributed by atoms with Gasteiger partial charge < -0.3 is 10.1 Å². The topological polar surface area (TPSA) is 140 Å². The van der Waals surface area contributed by atoms with Crippen LogP contribution >= 0.6 is 0 Å². The fraction of sp³-hybridized carbons (Fsp3) is 0.125. The highest BCUT2D eigenvalue weighted by molar-refractivity contribution is 6.05. The number of nitrogens with one attached hydrogen (secondary N) is 3. The highest BCUT2D eigenvalue weighted by Gasteiger charge is 2.17. The van der Waals surface area contributed by atoms with Gasteiger partial charge in [0.1, 0.15) is 5.75 Å². The second kappa shape index (κ2) is 10.7. The number of nitrogens with zero attached hydrogens (tertiary/aromatic N) is 1. The molecule has 10 heteroatoms. The maximum atomic E-state index is 12.4. The second-order valence-electron chi connectivity index (χ2n) is 7.30. The number of hydrazine groups is 1. The molecule has 3 amide bonds. The molecule has 0 fully saturated rings. The minimum Gasteiger partial charge on any atom is -0.481 e. The van der Waals surface area contributed by atoms with Crippen LogP contribution in [0.25, 0.3) is 0 Å². The van der Waals surface area contributed by atoms with Gasteiger partial charge in [0.2, 0.25) is 0 Å². The van der Waals surface area contributed by atoms with Crippen LogP contribution in [0.15, 0.2) is 72.8 Å². The standard InChI is InChI=1S/C24H22N4O6/c1-15-5-3-4-6-21(15)24(31)25-18-9-7-17(8-10-18)23(30)27-26-22(29)16(2)34-20-13-11-19(12-14-20)28(32)33/h3-14,16H,1-2H3,(H,25,31)(H,26,29)(H,27,30). The van der Waals surface area contributed by atoms with E-state index in [0.29, 0.717) is 11.3 Å². The number of amides is 3. The molecule has 0 saturated carbocycles. The maximum absolute atomic E-state index is 12.4. The van der Waals surface area contributed by atoms with E-state index in [1.807, 2.05) is 19.1 Å². The van der Waals surface area contributed by atoms with Gasteiger partial charge in [-0.2, -0.15) is 0 Å². The van der Waals surface area contributed by atoms with Crippen LogP contribution in [0, 0.1) is 17.0 Å². The molecule has 3 aromatic carbocycles. The van der Waals surface area contributed by atoms with E-state index in [1.165, 1.54) is 43.3 Å². The third kappa shape index (κ3) is 6.16. The van der Waals surface area contributed by atoms with E-state index in [0.717, 1.165) is 5.56 Å². The molecule has 0 aromatic heterocycles. The fourth-order valence-corrected chi connectivity index (χ4v) is 2.93. The van der Waals surface area contributed by atoms with Crippen LogP contribution in [0.2, 0.25) is 0 Å². The Morgan fingerprint density at radius 2 is 1.53 bits per heavy atom. The Kier molecular flexibility index (Phi) is 7.55. The first-order valence-corrected chi connectivity index (χ1v) is 10.2. The summed E-state index contributed by atoms with van der Waals surface area (Å²) in [7, 11) is 0. The number of carbonyl (C=O) groups excluding carboxylic acids is 3. The van der Waals surface area contributed by atoms with Crippen molar-refractivity contribution in [3.05, 3.63) is 99.6 Å². The Hall–Kier alpha value is -4.73. The lowest BCUT2D eigenvalue weighted by atomic mass is 10.1. The van der Waals surface area contributed by atoms with E-state index in [2.05, 4.69) is 16.2 Å². The maximum Gasteiger partial charge on any atom is 0.279 e. The van der Waals surface area contributed by atoms with Crippen molar-refractivity contribution < 1.29 is 24.0 Å². The molecule has 0 saturated heterocycles. The number of anilines is 1. The third-order valence-corrected chi connectivity index (χ3v) is 4.82. The molecule has 3 rings (SSSR count). The summed E-state index contributed by atoms with van der Waals surface area (Å²) in [6.45, 7) is 3.31. The molecule has 1 atom stereocenters. The summed E-state index contributed by atoms with van der Waals surface area (Å²) in [6.07, 6.45) is -0.971. The Morgan fingerprint density at radius 1 is 0.882 bits per heavy atom. The smallest absolute Gasteiger partial charge is 0.279 e. The molecule has 10 nitrogen and oxygen atoms in total. The van der Waals surface area contributed by atoms with Gasteiger partial charge in [0.15, 0.2) is 6.10 Å². The van der Waals surface area contributed by atoms with Gasteiger partial charge in [0, 0.05) is 28.9 Å². The normalized spacial score (nSPS) is 11.1. The number of benzene rings is 3. The molecule has 1 unspecified atom stereocenters. The highest BCUT2D eigenvalue weighted by atomic mass is 16.6. The highest BCUT2D eigenvalue weighted by Crippen LogP contribution is 2.18. The van der Waals surface area contributed by atoms with Gasteiger partial charge in [-0.05, 0) is 61.9 Å². The van der Waals surface area contributed by atoms with Gasteiger partial charge in [0.25, 0.3) is 23.4 Å². The van der Waals surface area contributed by atoms with E-state index in [1.54, 1.807) is 24.3 Å². The average molecular weight is 462 g/mol. The molecule has 0 spiro atoms. The fourth-order valence-electron chi connectivity index (χ4n) is 2.93. The Labute approximate surface area is 195 Å². The van der Waals surface area contributed by atoms with Gasteiger partial charge in [-0.1, -0.05) is 18.2 Å². The summed E-state index contributed by atoms with van der Waals surface area (Å²) in [5.41, 5.74) is 6.63. The Bertz CT molecular complexity index is 1210. The zero-order chi connectivity index (χ0) is 24.7. The van der Waals surface area contributed by atoms with Gasteiger partial charge >= 0.3 is 0 Å². The van der Waals surface area contributed by atoms with Crippen LogP contribution in [0.1, 0.15) is 33.2 Å². The number of ether oxygens (including phenoxy) is 1. The van der Waals surface area contributed by atoms with Gasteiger partial charge in [0.05, 0.1) is 4.92 Å². The van der Waals surface area contributed by atoms with Crippen molar-refractivity contribution in [3.63, 3.8) is 0 Å². The number of rotatable bonds is 7. The zero-order valence-electron chi connectivity index (χ0n) is 18.4. The summed E-state index contributed by atoms with van der Waals surface area (Å²) in [6, 6.07) is 18.6. The third-order valence-electron chi connectivity index (χ3n) is 4.82. The van der Waals surface area contributed by atoms with E-state index < -0.39 is 22.8 Å². The number of nitro groups is 1. The van der Waals surface area contributed by atoms with E-state index in [-0.39, 0.29) is 22.9 Å². The van der Waals surface area contributed by atoms with Crippen molar-refractivity contribution >= 4 is 29.1 Å². The number of nitro benzene ring substituents is 1.